The van der Waals surface area contributed by atoms with Crippen LogP contribution in [0.4, 0.5) is 0 Å². The van der Waals surface area contributed by atoms with Gasteiger partial charge in [-0.25, -0.2) is 0 Å². The van der Waals surface area contributed by atoms with Crippen LogP contribution in [0.1, 0.15) is 278 Å². The molecular weight excluding hydrogens is 805 g/mol. The van der Waals surface area contributed by atoms with Crippen molar-refractivity contribution in [2.45, 2.75) is 284 Å². The normalized spacial score (nSPS) is 12.5. The van der Waals surface area contributed by atoms with E-state index in [0.29, 0.717) is 19.3 Å². The van der Waals surface area contributed by atoms with Gasteiger partial charge in [0, 0.05) is 19.3 Å². The van der Waals surface area contributed by atoms with Gasteiger partial charge in [0.05, 0.1) is 0 Å². The molecule has 6 heteroatoms. The molecule has 0 unspecified atom stereocenters. The van der Waals surface area contributed by atoms with Crippen molar-refractivity contribution in [1.29, 1.82) is 0 Å². The summed E-state index contributed by atoms with van der Waals surface area (Å²) < 4.78 is 16.8. The van der Waals surface area contributed by atoms with Crippen molar-refractivity contribution in [3.05, 3.63) is 60.8 Å². The van der Waals surface area contributed by atoms with Crippen molar-refractivity contribution in [3.8, 4) is 0 Å². The molecule has 0 fully saturated rings. The van der Waals surface area contributed by atoms with Crippen molar-refractivity contribution in [2.75, 3.05) is 13.2 Å². The fourth-order valence-corrected chi connectivity index (χ4v) is 7.77. The van der Waals surface area contributed by atoms with E-state index in [1.807, 2.05) is 0 Å². The van der Waals surface area contributed by atoms with E-state index >= 15 is 0 Å². The zero-order valence-corrected chi connectivity index (χ0v) is 43.0. The Kier molecular flexibility index (Phi) is 51.3. The average Bonchev–Trinajstić information content (AvgIpc) is 3.30. The summed E-state index contributed by atoms with van der Waals surface area (Å²) in [4.78, 5) is 38.1. The van der Waals surface area contributed by atoms with E-state index in [-0.39, 0.29) is 37.5 Å². The minimum Gasteiger partial charge on any atom is -0.462 e. The Balaban J connectivity index is 4.40. The number of hydrogen-bond acceptors (Lipinski definition) is 6. The summed E-state index contributed by atoms with van der Waals surface area (Å²) in [6, 6.07) is 0. The lowest BCUT2D eigenvalue weighted by Crippen LogP contribution is -2.30. The Bertz CT molecular complexity index is 1180. The first-order valence-electron chi connectivity index (χ1n) is 27.8. The second-order valence-electron chi connectivity index (χ2n) is 18.5. The first kappa shape index (κ1) is 62.1. The van der Waals surface area contributed by atoms with Crippen molar-refractivity contribution < 1.29 is 28.6 Å². The van der Waals surface area contributed by atoms with Crippen LogP contribution in [0, 0.1) is 0 Å². The Labute approximate surface area is 402 Å². The SMILES string of the molecule is CCCCC/C=C\C/C=C\C/C=C\CCCCC(=O)O[C@H](COC(=O)CCCCCCCCCCC/C=C\C/C=C\CCCCC)COC(=O)CCCCCCCCCCCCCCC. The fourth-order valence-electron chi connectivity index (χ4n) is 7.77. The van der Waals surface area contributed by atoms with Crippen molar-refractivity contribution in [3.63, 3.8) is 0 Å². The Morgan fingerprint density at radius 1 is 0.308 bits per heavy atom. The Hall–Kier alpha value is -2.89. The van der Waals surface area contributed by atoms with Crippen LogP contribution in [-0.2, 0) is 28.6 Å². The molecule has 0 heterocycles. The molecule has 0 aliphatic carbocycles. The zero-order valence-electron chi connectivity index (χ0n) is 43.0. The highest BCUT2D eigenvalue weighted by atomic mass is 16.6. The first-order chi connectivity index (χ1) is 32.0. The molecule has 0 aliphatic heterocycles. The topological polar surface area (TPSA) is 78.9 Å². The smallest absolute Gasteiger partial charge is 0.306 e. The fraction of sp³-hybridized carbons (Fsp3) is 0.780. The highest BCUT2D eigenvalue weighted by molar-refractivity contribution is 5.71. The van der Waals surface area contributed by atoms with Crippen LogP contribution in [-0.4, -0.2) is 37.2 Å². The maximum Gasteiger partial charge on any atom is 0.306 e. The number of hydrogen-bond donors (Lipinski definition) is 0. The molecule has 0 aromatic carbocycles. The van der Waals surface area contributed by atoms with Gasteiger partial charge in [-0.15, -0.1) is 0 Å². The van der Waals surface area contributed by atoms with Gasteiger partial charge in [0.2, 0.25) is 0 Å². The molecule has 0 bridgehead atoms. The van der Waals surface area contributed by atoms with E-state index < -0.39 is 6.10 Å². The molecular formula is C59H104O6. The van der Waals surface area contributed by atoms with Crippen LogP contribution in [0.3, 0.4) is 0 Å². The number of carbonyl (C=O) groups excluding carboxylic acids is 3. The minimum absolute atomic E-state index is 0.0885. The van der Waals surface area contributed by atoms with Gasteiger partial charge in [0.1, 0.15) is 13.2 Å². The number of rotatable bonds is 50. The van der Waals surface area contributed by atoms with Gasteiger partial charge in [-0.05, 0) is 89.9 Å². The van der Waals surface area contributed by atoms with Crippen LogP contribution in [0.25, 0.3) is 0 Å². The second kappa shape index (κ2) is 53.7. The van der Waals surface area contributed by atoms with E-state index in [2.05, 4.69) is 81.5 Å². The molecule has 376 valence electrons. The maximum atomic E-state index is 12.8. The van der Waals surface area contributed by atoms with Crippen LogP contribution in [0.5, 0.6) is 0 Å². The van der Waals surface area contributed by atoms with Gasteiger partial charge in [-0.3, -0.25) is 14.4 Å². The minimum atomic E-state index is -0.793. The summed E-state index contributed by atoms with van der Waals surface area (Å²) in [7, 11) is 0. The third-order valence-corrected chi connectivity index (χ3v) is 12.0. The molecule has 0 spiro atoms. The number of allylic oxidation sites excluding steroid dienone is 10. The zero-order chi connectivity index (χ0) is 47.2. The molecule has 6 nitrogen and oxygen atoms in total. The summed E-state index contributed by atoms with van der Waals surface area (Å²) in [5.41, 5.74) is 0. The van der Waals surface area contributed by atoms with Crippen LogP contribution in [0.15, 0.2) is 60.8 Å². The summed E-state index contributed by atoms with van der Waals surface area (Å²) in [5, 5.41) is 0. The van der Waals surface area contributed by atoms with Crippen molar-refractivity contribution in [1.82, 2.24) is 0 Å². The molecule has 0 aliphatic rings. The van der Waals surface area contributed by atoms with Gasteiger partial charge >= 0.3 is 17.9 Å². The van der Waals surface area contributed by atoms with Crippen LogP contribution >= 0.6 is 0 Å². The second-order valence-corrected chi connectivity index (χ2v) is 18.5. The van der Waals surface area contributed by atoms with Gasteiger partial charge in [0.25, 0.3) is 0 Å². The highest BCUT2D eigenvalue weighted by Crippen LogP contribution is 2.15. The van der Waals surface area contributed by atoms with E-state index in [1.54, 1.807) is 0 Å². The first-order valence-corrected chi connectivity index (χ1v) is 27.8. The Morgan fingerprint density at radius 3 is 0.923 bits per heavy atom. The number of ether oxygens (including phenoxy) is 3. The standard InChI is InChI=1S/C59H104O6/c1-4-7-10-13-16-19-22-25-27-28-29-30-32-34-37-40-43-46-49-52-58(61)64-55-56(54-63-57(60)51-48-45-42-39-36-33-24-21-18-15-12-9-6-3)65-59(62)53-50-47-44-41-38-35-31-26-23-20-17-14-11-8-5-2/h16-17,19-20,25-27,31,38,41,56H,4-15,18,21-24,28-30,32-37,39-40,42-55H2,1-3H3/b19-16-,20-17-,27-25-,31-26-,41-38-/t56-/m0/s1. The van der Waals surface area contributed by atoms with E-state index in [9.17, 15) is 14.4 Å². The largest absolute Gasteiger partial charge is 0.462 e. The molecule has 0 aromatic rings. The third kappa shape index (κ3) is 51.9. The summed E-state index contributed by atoms with van der Waals surface area (Å²) in [5.74, 6) is -0.923. The van der Waals surface area contributed by atoms with Gasteiger partial charge in [-0.1, -0.05) is 229 Å². The molecule has 0 N–H and O–H groups in total. The van der Waals surface area contributed by atoms with Gasteiger partial charge in [-0.2, -0.15) is 0 Å². The molecule has 0 rings (SSSR count). The third-order valence-electron chi connectivity index (χ3n) is 12.0. The van der Waals surface area contributed by atoms with Crippen LogP contribution < -0.4 is 0 Å². The molecule has 1 atom stereocenters. The lowest BCUT2D eigenvalue weighted by atomic mass is 10.0. The van der Waals surface area contributed by atoms with E-state index in [1.165, 1.54) is 161 Å². The van der Waals surface area contributed by atoms with Crippen molar-refractivity contribution in [2.24, 2.45) is 0 Å². The number of carbonyl (C=O) groups is 3. The van der Waals surface area contributed by atoms with Crippen LogP contribution in [0.2, 0.25) is 0 Å². The summed E-state index contributed by atoms with van der Waals surface area (Å²) in [6.45, 7) is 6.57. The quantitative estimate of drug-likeness (QED) is 0.0262. The number of unbranched alkanes of at least 4 members (excludes halogenated alkanes) is 29. The summed E-state index contributed by atoms with van der Waals surface area (Å²) in [6.07, 6.45) is 66.3. The van der Waals surface area contributed by atoms with Crippen molar-refractivity contribution >= 4 is 17.9 Å². The molecule has 0 aromatic heterocycles. The molecule has 65 heavy (non-hydrogen) atoms. The Morgan fingerprint density at radius 2 is 0.554 bits per heavy atom. The average molecular weight is 909 g/mol. The lowest BCUT2D eigenvalue weighted by molar-refractivity contribution is -0.167. The monoisotopic (exact) mass is 909 g/mol. The van der Waals surface area contributed by atoms with Gasteiger partial charge in [0.15, 0.2) is 6.10 Å². The predicted octanol–water partition coefficient (Wildman–Crippen LogP) is 18.4. The number of esters is 3. The molecule has 0 saturated carbocycles. The highest BCUT2D eigenvalue weighted by Gasteiger charge is 2.19. The molecule has 0 amide bonds. The molecule has 0 radical (unpaired) electrons. The van der Waals surface area contributed by atoms with E-state index in [0.717, 1.165) is 70.6 Å². The maximum absolute atomic E-state index is 12.8. The predicted molar refractivity (Wildman–Crippen MR) is 279 cm³/mol. The molecule has 0 saturated heterocycles. The van der Waals surface area contributed by atoms with E-state index in [4.69, 9.17) is 14.2 Å². The summed E-state index contributed by atoms with van der Waals surface area (Å²) >= 11 is 0. The van der Waals surface area contributed by atoms with Gasteiger partial charge < -0.3 is 14.2 Å². The lowest BCUT2D eigenvalue weighted by Gasteiger charge is -2.18.